The maximum Gasteiger partial charge on any atom is 0.338 e. The van der Waals surface area contributed by atoms with Gasteiger partial charge in [-0.15, -0.1) is 0 Å². The van der Waals surface area contributed by atoms with Gasteiger partial charge in [0, 0.05) is 17.8 Å². The third-order valence-electron chi connectivity index (χ3n) is 3.44. The van der Waals surface area contributed by atoms with Gasteiger partial charge in [0.05, 0.1) is 12.2 Å². The van der Waals surface area contributed by atoms with Crippen molar-refractivity contribution in [2.75, 3.05) is 17.2 Å². The lowest BCUT2D eigenvalue weighted by Gasteiger charge is -2.07. The van der Waals surface area contributed by atoms with Crippen molar-refractivity contribution in [2.24, 2.45) is 0 Å². The Labute approximate surface area is 154 Å². The van der Waals surface area contributed by atoms with Crippen LogP contribution in [0.15, 0.2) is 47.2 Å². The number of benzene rings is 1. The van der Waals surface area contributed by atoms with Gasteiger partial charge in [0.15, 0.2) is 5.82 Å². The summed E-state index contributed by atoms with van der Waals surface area (Å²) in [4.78, 5) is 32.1. The molecule has 0 radical (unpaired) electrons. The van der Waals surface area contributed by atoms with Crippen LogP contribution in [0.2, 0.25) is 0 Å². The number of esters is 1. The molecule has 0 unspecified atom stereocenters. The molecule has 0 fully saturated rings. The molecule has 0 bridgehead atoms. The number of anilines is 3. The third-order valence-corrected chi connectivity index (χ3v) is 3.44. The van der Waals surface area contributed by atoms with E-state index in [1.54, 1.807) is 44.2 Å². The Morgan fingerprint density at radius 3 is 2.56 bits per heavy atom. The summed E-state index contributed by atoms with van der Waals surface area (Å²) in [6.45, 7) is 3.81. The highest BCUT2D eigenvalue weighted by molar-refractivity contribution is 6.03. The highest BCUT2D eigenvalue weighted by Gasteiger charge is 2.11. The van der Waals surface area contributed by atoms with E-state index in [0.717, 1.165) is 0 Å². The molecule has 0 aliphatic heterocycles. The number of nitrogens with zero attached hydrogens (tertiary/aromatic N) is 3. The van der Waals surface area contributed by atoms with Crippen molar-refractivity contribution in [2.45, 2.75) is 13.8 Å². The Morgan fingerprint density at radius 1 is 1.11 bits per heavy atom. The van der Waals surface area contributed by atoms with Crippen LogP contribution in [0.25, 0.3) is 0 Å². The summed E-state index contributed by atoms with van der Waals surface area (Å²) in [7, 11) is 0. The van der Waals surface area contributed by atoms with Crippen molar-refractivity contribution in [3.63, 3.8) is 0 Å². The number of ether oxygens (including phenoxy) is 1. The maximum absolute atomic E-state index is 12.4. The Morgan fingerprint density at radius 2 is 1.89 bits per heavy atom. The van der Waals surface area contributed by atoms with Crippen LogP contribution in [0.5, 0.6) is 0 Å². The highest BCUT2D eigenvalue weighted by atomic mass is 16.5. The summed E-state index contributed by atoms with van der Waals surface area (Å²) >= 11 is 0. The van der Waals surface area contributed by atoms with E-state index in [1.165, 1.54) is 12.4 Å². The van der Waals surface area contributed by atoms with Gasteiger partial charge < -0.3 is 19.9 Å². The van der Waals surface area contributed by atoms with E-state index < -0.39 is 11.9 Å². The van der Waals surface area contributed by atoms with Crippen LogP contribution in [0.3, 0.4) is 0 Å². The highest BCUT2D eigenvalue weighted by Crippen LogP contribution is 2.16. The first-order valence-corrected chi connectivity index (χ1v) is 8.16. The molecule has 1 aromatic carbocycles. The molecule has 3 rings (SSSR count). The second-order valence-electron chi connectivity index (χ2n) is 5.49. The van der Waals surface area contributed by atoms with Gasteiger partial charge >= 0.3 is 5.97 Å². The molecular formula is C18H17N5O4. The molecule has 0 aliphatic rings. The van der Waals surface area contributed by atoms with Crippen molar-refractivity contribution in [1.29, 1.82) is 0 Å². The first-order chi connectivity index (χ1) is 13.0. The van der Waals surface area contributed by atoms with Crippen LogP contribution in [0.1, 0.15) is 33.5 Å². The first-order valence-electron chi connectivity index (χ1n) is 8.16. The summed E-state index contributed by atoms with van der Waals surface area (Å²) in [6, 6.07) is 9.57. The fourth-order valence-corrected chi connectivity index (χ4v) is 2.21. The molecule has 0 saturated carbocycles. The van der Waals surface area contributed by atoms with Crippen LogP contribution in [0, 0.1) is 6.92 Å². The van der Waals surface area contributed by atoms with Crippen LogP contribution in [-0.4, -0.2) is 33.6 Å². The van der Waals surface area contributed by atoms with Crippen molar-refractivity contribution >= 4 is 29.2 Å². The van der Waals surface area contributed by atoms with Crippen LogP contribution in [0.4, 0.5) is 17.3 Å². The molecule has 0 saturated heterocycles. The first kappa shape index (κ1) is 18.1. The molecule has 1 amide bonds. The molecule has 27 heavy (non-hydrogen) atoms. The number of amides is 1. The number of hydrogen-bond donors (Lipinski definition) is 2. The van der Waals surface area contributed by atoms with Crippen molar-refractivity contribution in [3.8, 4) is 0 Å². The standard InChI is InChI=1S/C18H17N5O4/c1-3-26-18(25)12-4-6-13(7-5-12)21-17(24)14-9-15(20-10-19-14)22-16-8-11(2)27-23-16/h4-10H,3H2,1-2H3,(H,21,24)(H,19,20,22,23). The lowest BCUT2D eigenvalue weighted by molar-refractivity contribution is 0.0526. The molecule has 2 aromatic heterocycles. The van der Waals surface area contributed by atoms with E-state index >= 15 is 0 Å². The summed E-state index contributed by atoms with van der Waals surface area (Å²) in [6.07, 6.45) is 1.27. The Bertz CT molecular complexity index is 952. The van der Waals surface area contributed by atoms with E-state index in [9.17, 15) is 9.59 Å². The molecular weight excluding hydrogens is 350 g/mol. The SMILES string of the molecule is CCOC(=O)c1ccc(NC(=O)c2cc(Nc3cc(C)on3)ncn2)cc1. The third kappa shape index (κ3) is 4.66. The molecule has 0 atom stereocenters. The summed E-state index contributed by atoms with van der Waals surface area (Å²) < 4.78 is 9.89. The minimum absolute atomic E-state index is 0.169. The van der Waals surface area contributed by atoms with Crippen molar-refractivity contribution in [1.82, 2.24) is 15.1 Å². The quantitative estimate of drug-likeness (QED) is 0.638. The summed E-state index contributed by atoms with van der Waals surface area (Å²) in [5.74, 6) is 0.703. The van der Waals surface area contributed by atoms with Gasteiger partial charge in [-0.2, -0.15) is 0 Å². The molecule has 9 heteroatoms. The second kappa shape index (κ2) is 8.09. The second-order valence-corrected chi connectivity index (χ2v) is 5.49. The van der Waals surface area contributed by atoms with Gasteiger partial charge in [-0.05, 0) is 38.1 Å². The van der Waals surface area contributed by atoms with Crippen LogP contribution < -0.4 is 10.6 Å². The molecule has 0 spiro atoms. The minimum Gasteiger partial charge on any atom is -0.462 e. The predicted octanol–water partition coefficient (Wildman–Crippen LogP) is 2.95. The van der Waals surface area contributed by atoms with Gasteiger partial charge in [-0.1, -0.05) is 5.16 Å². The van der Waals surface area contributed by atoms with E-state index in [0.29, 0.717) is 35.3 Å². The zero-order valence-corrected chi connectivity index (χ0v) is 14.7. The molecule has 3 aromatic rings. The minimum atomic E-state index is -0.416. The molecule has 0 aliphatic carbocycles. The van der Waals surface area contributed by atoms with Crippen LogP contribution >= 0.6 is 0 Å². The number of carbonyl (C=O) groups excluding carboxylic acids is 2. The number of carbonyl (C=O) groups is 2. The molecule has 2 heterocycles. The topological polar surface area (TPSA) is 119 Å². The van der Waals surface area contributed by atoms with E-state index in [4.69, 9.17) is 9.26 Å². The number of rotatable bonds is 6. The number of hydrogen-bond acceptors (Lipinski definition) is 8. The number of aromatic nitrogens is 3. The largest absolute Gasteiger partial charge is 0.462 e. The van der Waals surface area contributed by atoms with Crippen molar-refractivity contribution < 1.29 is 18.8 Å². The zero-order chi connectivity index (χ0) is 19.2. The van der Waals surface area contributed by atoms with Gasteiger partial charge in [0.1, 0.15) is 23.6 Å². The smallest absolute Gasteiger partial charge is 0.338 e. The Hall–Kier alpha value is -3.75. The average molecular weight is 367 g/mol. The normalized spacial score (nSPS) is 10.3. The van der Waals surface area contributed by atoms with E-state index in [1.807, 2.05) is 0 Å². The van der Waals surface area contributed by atoms with Gasteiger partial charge in [-0.25, -0.2) is 14.8 Å². The maximum atomic E-state index is 12.4. The predicted molar refractivity (Wildman–Crippen MR) is 96.9 cm³/mol. The Kier molecular flexibility index (Phi) is 5.41. The van der Waals surface area contributed by atoms with Gasteiger partial charge in [0.25, 0.3) is 5.91 Å². The fraction of sp³-hybridized carbons (Fsp3) is 0.167. The van der Waals surface area contributed by atoms with E-state index in [2.05, 4.69) is 25.8 Å². The van der Waals surface area contributed by atoms with Crippen LogP contribution in [-0.2, 0) is 4.74 Å². The van der Waals surface area contributed by atoms with E-state index in [-0.39, 0.29) is 5.69 Å². The number of nitrogens with one attached hydrogen (secondary N) is 2. The lowest BCUT2D eigenvalue weighted by Crippen LogP contribution is -2.14. The Balaban J connectivity index is 1.67. The summed E-state index contributed by atoms with van der Waals surface area (Å²) in [5.41, 5.74) is 1.10. The monoisotopic (exact) mass is 367 g/mol. The number of aryl methyl sites for hydroxylation is 1. The van der Waals surface area contributed by atoms with Gasteiger partial charge in [0.2, 0.25) is 0 Å². The zero-order valence-electron chi connectivity index (χ0n) is 14.7. The molecule has 9 nitrogen and oxygen atoms in total. The summed E-state index contributed by atoms with van der Waals surface area (Å²) in [5, 5.41) is 9.44. The lowest BCUT2D eigenvalue weighted by atomic mass is 10.2. The average Bonchev–Trinajstić information content (AvgIpc) is 3.07. The van der Waals surface area contributed by atoms with Gasteiger partial charge in [-0.3, -0.25) is 4.79 Å². The fourth-order valence-electron chi connectivity index (χ4n) is 2.21. The van der Waals surface area contributed by atoms with Crippen molar-refractivity contribution in [3.05, 3.63) is 59.7 Å². The molecule has 2 N–H and O–H groups in total. The molecule has 138 valence electrons.